The topological polar surface area (TPSA) is 53.5 Å². The Morgan fingerprint density at radius 1 is 0.163 bits per heavy atom. The van der Waals surface area contributed by atoms with Gasteiger partial charge in [-0.2, -0.15) is 0 Å². The maximum atomic E-state index is 4.67. The normalized spacial score (nSPS) is 11.9. The highest BCUT2D eigenvalue weighted by Crippen LogP contribution is 2.49. The molecular formula is C117H72N6. The van der Waals surface area contributed by atoms with Crippen molar-refractivity contribution in [3.63, 3.8) is 0 Å². The van der Waals surface area contributed by atoms with Gasteiger partial charge in [-0.05, 0) is 250 Å². The van der Waals surface area contributed by atoms with E-state index in [4.69, 9.17) is 0 Å². The van der Waals surface area contributed by atoms with Gasteiger partial charge in [-0.15, -0.1) is 0 Å². The van der Waals surface area contributed by atoms with Gasteiger partial charge in [0.25, 0.3) is 0 Å². The van der Waals surface area contributed by atoms with Crippen molar-refractivity contribution in [1.82, 2.24) is 28.7 Å². The molecule has 0 aliphatic carbocycles. The number of pyridine rings is 3. The molecule has 0 aliphatic rings. The summed E-state index contributed by atoms with van der Waals surface area (Å²) < 4.78 is 7.18. The van der Waals surface area contributed by atoms with E-state index < -0.39 is 0 Å². The fourth-order valence-corrected chi connectivity index (χ4v) is 20.4. The minimum absolute atomic E-state index is 1.00. The third kappa shape index (κ3) is 11.1. The van der Waals surface area contributed by atoms with E-state index in [0.29, 0.717) is 0 Å². The smallest absolute Gasteiger partial charge is 0.0708 e. The quantitative estimate of drug-likeness (QED) is 0.135. The van der Waals surface area contributed by atoms with Crippen LogP contribution in [0, 0.1) is 0 Å². The number of fused-ring (bicyclic) bond motifs is 9. The van der Waals surface area contributed by atoms with Crippen LogP contribution in [-0.2, 0) is 0 Å². The molecule has 6 heteroatoms. The van der Waals surface area contributed by atoms with Crippen molar-refractivity contribution >= 4 is 162 Å². The lowest BCUT2D eigenvalue weighted by molar-refractivity contribution is 1.18. The number of aromatic nitrogens is 6. The van der Waals surface area contributed by atoms with E-state index in [9.17, 15) is 0 Å². The van der Waals surface area contributed by atoms with E-state index in [1.807, 2.05) is 43.1 Å². The number of hydrogen-bond acceptors (Lipinski definition) is 3. The van der Waals surface area contributed by atoms with Crippen LogP contribution >= 0.6 is 0 Å². The SMILES string of the molecule is c1ccc(-n2c3ccccc3c3ccc(-c4ccc5ccc6c(-c7ccccn7)ccc7ccc4c5c76)cc32)cc1.c1ccc(-n2c3ccccc3c3ccc(-c4ccc5ccc6c(-c7cccnc7)ccc7ccc4c5c76)cc32)cc1.c1ccc(-n2c3ccccc3c3ccc(-c4ccc5ccc6c(-c7ccncc7)ccc7ccc4c5c76)cc32)cc1. The maximum Gasteiger partial charge on any atom is 0.0708 e. The summed E-state index contributed by atoms with van der Waals surface area (Å²) in [4.78, 5) is 13.3. The molecule has 27 aromatic rings. The van der Waals surface area contributed by atoms with E-state index in [0.717, 1.165) is 11.3 Å². The van der Waals surface area contributed by atoms with Crippen LogP contribution in [0.4, 0.5) is 0 Å². The van der Waals surface area contributed by atoms with Gasteiger partial charge in [0.15, 0.2) is 0 Å². The summed E-state index contributed by atoms with van der Waals surface area (Å²) in [6.45, 7) is 0. The van der Waals surface area contributed by atoms with Crippen molar-refractivity contribution in [2.75, 3.05) is 0 Å². The zero-order chi connectivity index (χ0) is 80.7. The molecule has 0 saturated heterocycles. The van der Waals surface area contributed by atoms with Crippen LogP contribution in [0.25, 0.3) is 246 Å². The molecule has 0 aliphatic heterocycles. The number of rotatable bonds is 9. The first-order valence-corrected chi connectivity index (χ1v) is 42.2. The fourth-order valence-electron chi connectivity index (χ4n) is 20.4. The summed E-state index contributed by atoms with van der Waals surface area (Å²) in [7, 11) is 0. The summed E-state index contributed by atoms with van der Waals surface area (Å²) in [5.41, 5.74) is 25.3. The van der Waals surface area contributed by atoms with Gasteiger partial charge in [-0.3, -0.25) is 15.0 Å². The van der Waals surface area contributed by atoms with E-state index in [1.54, 1.807) is 0 Å². The monoisotopic (exact) mass is 1560 g/mol. The van der Waals surface area contributed by atoms with Crippen LogP contribution in [0.2, 0.25) is 0 Å². The Hall–Kier alpha value is -16.4. The molecule has 0 saturated carbocycles. The summed E-state index contributed by atoms with van der Waals surface area (Å²) in [5.74, 6) is 0. The predicted molar refractivity (Wildman–Crippen MR) is 519 cm³/mol. The zero-order valence-corrected chi connectivity index (χ0v) is 66.8. The van der Waals surface area contributed by atoms with Gasteiger partial charge in [-0.1, -0.05) is 303 Å². The van der Waals surface area contributed by atoms with E-state index in [-0.39, 0.29) is 0 Å². The molecule has 6 nitrogen and oxygen atoms in total. The molecule has 570 valence electrons. The second-order valence-electron chi connectivity index (χ2n) is 32.4. The molecule has 123 heavy (non-hydrogen) atoms. The largest absolute Gasteiger partial charge is 0.309 e. The van der Waals surface area contributed by atoms with E-state index in [1.165, 1.54) is 235 Å². The van der Waals surface area contributed by atoms with Gasteiger partial charge < -0.3 is 13.7 Å². The Kier molecular flexibility index (Phi) is 15.9. The number of benzene rings is 21. The highest BCUT2D eigenvalue weighted by Gasteiger charge is 2.24. The van der Waals surface area contributed by atoms with Gasteiger partial charge in [-0.25, -0.2) is 0 Å². The lowest BCUT2D eigenvalue weighted by Gasteiger charge is -2.16. The average Bonchev–Trinajstić information content (AvgIpc) is 1.14. The Morgan fingerprint density at radius 3 is 0.797 bits per heavy atom. The van der Waals surface area contributed by atoms with Crippen molar-refractivity contribution in [1.29, 1.82) is 0 Å². The van der Waals surface area contributed by atoms with Crippen LogP contribution < -0.4 is 0 Å². The van der Waals surface area contributed by atoms with Gasteiger partial charge in [0.1, 0.15) is 0 Å². The van der Waals surface area contributed by atoms with Crippen LogP contribution in [0.1, 0.15) is 0 Å². The highest BCUT2D eigenvalue weighted by molar-refractivity contribution is 6.31. The standard InChI is InChI=1S/3C39H24N2/c1-2-8-28(9-3-1)41-36-12-5-4-10-31(36)32-20-17-27(24-37(32)41)29-18-13-25-16-22-34-30(35-11-6-7-23-40-35)19-14-26-15-21-33(29)38(25)39(26)34;1-2-8-29(9-3-1)41-36-11-5-4-10-32(36)33-19-16-27(23-37(33)41)30-17-12-25-15-21-35-31(28-7-6-22-40-24-28)18-13-26-14-20-34(30)38(25)39(26)35;1-2-6-29(7-3-1)41-36-9-5-4-8-32(36)33-17-14-28(24-37(33)41)31-16-11-27-12-18-34-30(25-20-22-40-23-21-25)15-10-26-13-19-35(31)39(27)38(26)34/h3*1-24H. The van der Waals surface area contributed by atoms with Crippen LogP contribution in [-0.4, -0.2) is 28.7 Å². The predicted octanol–water partition coefficient (Wildman–Crippen LogP) is 31.2. The van der Waals surface area contributed by atoms with Crippen molar-refractivity contribution in [3.05, 3.63) is 437 Å². The summed E-state index contributed by atoms with van der Waals surface area (Å²) in [6, 6.07) is 148. The third-order valence-electron chi connectivity index (χ3n) is 25.9. The summed E-state index contributed by atoms with van der Waals surface area (Å²) in [6.07, 6.45) is 9.40. The first-order chi connectivity index (χ1) is 61.0. The third-order valence-corrected chi connectivity index (χ3v) is 25.9. The van der Waals surface area contributed by atoms with Gasteiger partial charge in [0.2, 0.25) is 0 Å². The lowest BCUT2D eigenvalue weighted by atomic mass is 9.87. The molecule has 0 atom stereocenters. The molecule has 6 aromatic heterocycles. The van der Waals surface area contributed by atoms with Crippen LogP contribution in [0.15, 0.2) is 437 Å². The Labute approximate surface area is 707 Å². The molecule has 0 amide bonds. The number of nitrogens with zero attached hydrogens (tertiary/aromatic N) is 6. The second kappa shape index (κ2) is 28.1. The summed E-state index contributed by atoms with van der Waals surface area (Å²) in [5, 5.41) is 30.8. The molecule has 0 bridgehead atoms. The van der Waals surface area contributed by atoms with E-state index >= 15 is 0 Å². The van der Waals surface area contributed by atoms with Gasteiger partial charge in [0, 0.05) is 91.5 Å². The molecule has 0 unspecified atom stereocenters. The molecule has 27 rings (SSSR count). The molecule has 0 spiro atoms. The number of para-hydroxylation sites is 6. The first kappa shape index (κ1) is 69.7. The Balaban J connectivity index is 0.000000101. The van der Waals surface area contributed by atoms with Gasteiger partial charge in [0.05, 0.1) is 38.8 Å². The maximum absolute atomic E-state index is 4.67. The molecule has 21 aromatic carbocycles. The van der Waals surface area contributed by atoms with Crippen LogP contribution in [0.3, 0.4) is 0 Å². The fraction of sp³-hybridized carbons (Fsp3) is 0. The van der Waals surface area contributed by atoms with Crippen molar-refractivity contribution in [2.24, 2.45) is 0 Å². The van der Waals surface area contributed by atoms with E-state index in [2.05, 4.69) is 423 Å². The second-order valence-corrected chi connectivity index (χ2v) is 32.4. The molecule has 6 heterocycles. The minimum atomic E-state index is 1.00. The first-order valence-electron chi connectivity index (χ1n) is 42.2. The molecule has 0 radical (unpaired) electrons. The van der Waals surface area contributed by atoms with Crippen LogP contribution in [0.5, 0.6) is 0 Å². The molecule has 0 fully saturated rings. The van der Waals surface area contributed by atoms with Crippen molar-refractivity contribution in [2.45, 2.75) is 0 Å². The highest BCUT2D eigenvalue weighted by atomic mass is 15.0. The number of hydrogen-bond donors (Lipinski definition) is 0. The van der Waals surface area contributed by atoms with Crippen molar-refractivity contribution < 1.29 is 0 Å². The minimum Gasteiger partial charge on any atom is -0.309 e. The van der Waals surface area contributed by atoms with Crippen molar-refractivity contribution in [3.8, 4) is 84.0 Å². The average molecular weight is 1560 g/mol. The Bertz CT molecular complexity index is 8020. The lowest BCUT2D eigenvalue weighted by Crippen LogP contribution is -1.93. The Morgan fingerprint density at radius 2 is 0.455 bits per heavy atom. The molecular weight excluding hydrogens is 1490 g/mol. The van der Waals surface area contributed by atoms with Gasteiger partial charge >= 0.3 is 0 Å². The zero-order valence-electron chi connectivity index (χ0n) is 66.8. The summed E-state index contributed by atoms with van der Waals surface area (Å²) >= 11 is 0. The molecule has 0 N–H and O–H groups in total.